The number of carbonyl (C=O) groups is 1. The summed E-state index contributed by atoms with van der Waals surface area (Å²) < 4.78 is 7.55. The predicted molar refractivity (Wildman–Crippen MR) is 69.3 cm³/mol. The second-order valence-corrected chi connectivity index (χ2v) is 4.71. The predicted octanol–water partition coefficient (Wildman–Crippen LogP) is 3.14. The molecular weight excluding hydrogens is 214 g/mol. The number of Topliss-reactive ketones (excluding diaryl/α,β-unsaturated/α-hetero) is 1. The van der Waals surface area contributed by atoms with Crippen LogP contribution in [0.1, 0.15) is 44.0 Å². The number of nitrogens with zero attached hydrogens (tertiary/aromatic N) is 1. The monoisotopic (exact) mass is 237 g/mol. The van der Waals surface area contributed by atoms with E-state index in [2.05, 4.69) is 13.8 Å². The Kier molecular flexibility index (Phi) is 5.98. The van der Waals surface area contributed by atoms with Gasteiger partial charge in [0.1, 0.15) is 0 Å². The Balaban J connectivity index is 2.23. The lowest BCUT2D eigenvalue weighted by atomic mass is 10.1. The van der Waals surface area contributed by atoms with Crippen LogP contribution in [-0.2, 0) is 11.3 Å². The maximum atomic E-state index is 11.4. The summed E-state index contributed by atoms with van der Waals surface area (Å²) in [6.45, 7) is 8.61. The third-order valence-electron chi connectivity index (χ3n) is 2.73. The van der Waals surface area contributed by atoms with Crippen LogP contribution in [0.5, 0.6) is 0 Å². The van der Waals surface area contributed by atoms with Crippen molar-refractivity contribution in [3.63, 3.8) is 0 Å². The van der Waals surface area contributed by atoms with Crippen molar-refractivity contribution in [2.75, 3.05) is 13.2 Å². The summed E-state index contributed by atoms with van der Waals surface area (Å²) in [5, 5.41) is 0. The van der Waals surface area contributed by atoms with E-state index in [9.17, 15) is 4.79 Å². The first-order chi connectivity index (χ1) is 8.13. The fourth-order valence-corrected chi connectivity index (χ4v) is 1.54. The molecule has 0 unspecified atom stereocenters. The van der Waals surface area contributed by atoms with Crippen molar-refractivity contribution >= 4 is 5.78 Å². The van der Waals surface area contributed by atoms with Gasteiger partial charge < -0.3 is 9.30 Å². The molecular formula is C14H23NO2. The van der Waals surface area contributed by atoms with Crippen LogP contribution in [0, 0.1) is 5.92 Å². The van der Waals surface area contributed by atoms with Crippen LogP contribution in [0.15, 0.2) is 18.5 Å². The molecule has 3 heteroatoms. The molecule has 0 aliphatic carbocycles. The van der Waals surface area contributed by atoms with Crippen LogP contribution in [-0.4, -0.2) is 23.6 Å². The standard InChI is InChI=1S/C14H23NO2/c1-4-14(16)13-5-7-15(11-13)8-10-17-9-6-12(2)3/h5,7,11-12H,4,6,8-10H2,1-3H3. The molecule has 0 atom stereocenters. The van der Waals surface area contributed by atoms with Crippen LogP contribution in [0.4, 0.5) is 0 Å². The molecule has 17 heavy (non-hydrogen) atoms. The van der Waals surface area contributed by atoms with Crippen LogP contribution >= 0.6 is 0 Å². The van der Waals surface area contributed by atoms with Gasteiger partial charge >= 0.3 is 0 Å². The molecule has 0 saturated carbocycles. The third-order valence-corrected chi connectivity index (χ3v) is 2.73. The molecule has 0 aliphatic heterocycles. The van der Waals surface area contributed by atoms with Gasteiger partial charge in [0.2, 0.25) is 0 Å². The molecule has 0 aliphatic rings. The summed E-state index contributed by atoms with van der Waals surface area (Å²) in [7, 11) is 0. The molecule has 1 rings (SSSR count). The minimum absolute atomic E-state index is 0.199. The first-order valence-electron chi connectivity index (χ1n) is 6.40. The fraction of sp³-hybridized carbons (Fsp3) is 0.643. The van der Waals surface area contributed by atoms with Gasteiger partial charge in [-0.25, -0.2) is 0 Å². The van der Waals surface area contributed by atoms with Gasteiger partial charge in [-0.3, -0.25) is 4.79 Å². The van der Waals surface area contributed by atoms with Gasteiger partial charge in [-0.15, -0.1) is 0 Å². The molecule has 1 heterocycles. The smallest absolute Gasteiger partial charge is 0.164 e. The van der Waals surface area contributed by atoms with Crippen LogP contribution in [0.2, 0.25) is 0 Å². The quantitative estimate of drug-likeness (QED) is 0.514. The Morgan fingerprint density at radius 1 is 1.41 bits per heavy atom. The Labute approximate surface area is 104 Å². The SMILES string of the molecule is CCC(=O)c1ccn(CCOCCC(C)C)c1. The second kappa shape index (κ2) is 7.28. The first kappa shape index (κ1) is 14.0. The molecule has 1 aromatic rings. The van der Waals surface area contributed by atoms with E-state index in [1.54, 1.807) is 0 Å². The van der Waals surface area contributed by atoms with Gasteiger partial charge in [-0.2, -0.15) is 0 Å². The van der Waals surface area contributed by atoms with Crippen molar-refractivity contribution in [3.8, 4) is 0 Å². The van der Waals surface area contributed by atoms with Gasteiger partial charge in [-0.05, 0) is 18.4 Å². The van der Waals surface area contributed by atoms with Gasteiger partial charge in [0, 0.05) is 37.5 Å². The molecule has 0 aromatic carbocycles. The summed E-state index contributed by atoms with van der Waals surface area (Å²) >= 11 is 0. The Hall–Kier alpha value is -1.09. The summed E-state index contributed by atoms with van der Waals surface area (Å²) in [5.41, 5.74) is 0.801. The fourth-order valence-electron chi connectivity index (χ4n) is 1.54. The van der Waals surface area contributed by atoms with E-state index in [1.807, 2.05) is 30.0 Å². The largest absolute Gasteiger partial charge is 0.380 e. The Morgan fingerprint density at radius 2 is 2.18 bits per heavy atom. The maximum absolute atomic E-state index is 11.4. The molecule has 0 bridgehead atoms. The van der Waals surface area contributed by atoms with Crippen LogP contribution in [0.3, 0.4) is 0 Å². The molecule has 96 valence electrons. The number of rotatable bonds is 8. The zero-order valence-electron chi connectivity index (χ0n) is 11.1. The summed E-state index contributed by atoms with van der Waals surface area (Å²) in [4.78, 5) is 11.4. The maximum Gasteiger partial charge on any atom is 0.164 e. The van der Waals surface area contributed by atoms with E-state index >= 15 is 0 Å². The molecule has 0 spiro atoms. The minimum atomic E-state index is 0.199. The van der Waals surface area contributed by atoms with E-state index < -0.39 is 0 Å². The van der Waals surface area contributed by atoms with Crippen molar-refractivity contribution in [3.05, 3.63) is 24.0 Å². The topological polar surface area (TPSA) is 31.2 Å². The second-order valence-electron chi connectivity index (χ2n) is 4.71. The lowest BCUT2D eigenvalue weighted by molar-refractivity contribution is 0.0987. The van der Waals surface area contributed by atoms with Crippen molar-refractivity contribution in [1.29, 1.82) is 0 Å². The molecule has 0 fully saturated rings. The van der Waals surface area contributed by atoms with Gasteiger partial charge in [0.05, 0.1) is 6.61 Å². The third kappa shape index (κ3) is 5.18. The molecule has 0 N–H and O–H groups in total. The zero-order chi connectivity index (χ0) is 12.7. The van der Waals surface area contributed by atoms with Crippen molar-refractivity contribution in [1.82, 2.24) is 4.57 Å². The van der Waals surface area contributed by atoms with Crippen molar-refractivity contribution in [2.24, 2.45) is 5.92 Å². The normalized spacial score (nSPS) is 11.1. The highest BCUT2D eigenvalue weighted by molar-refractivity contribution is 5.95. The van der Waals surface area contributed by atoms with E-state index in [4.69, 9.17) is 4.74 Å². The number of carbonyl (C=O) groups excluding carboxylic acids is 1. The van der Waals surface area contributed by atoms with E-state index in [0.717, 1.165) is 25.1 Å². The molecule has 0 radical (unpaired) electrons. The molecule has 1 aromatic heterocycles. The van der Waals surface area contributed by atoms with Gasteiger partial charge in [-0.1, -0.05) is 20.8 Å². The molecule has 3 nitrogen and oxygen atoms in total. The first-order valence-corrected chi connectivity index (χ1v) is 6.40. The van der Waals surface area contributed by atoms with E-state index in [1.165, 1.54) is 0 Å². The highest BCUT2D eigenvalue weighted by Gasteiger charge is 2.04. The van der Waals surface area contributed by atoms with Crippen molar-refractivity contribution in [2.45, 2.75) is 40.2 Å². The molecule has 0 saturated heterocycles. The number of hydrogen-bond donors (Lipinski definition) is 0. The number of hydrogen-bond acceptors (Lipinski definition) is 2. The van der Waals surface area contributed by atoms with Crippen LogP contribution in [0.25, 0.3) is 0 Å². The van der Waals surface area contributed by atoms with Crippen LogP contribution < -0.4 is 0 Å². The average Bonchev–Trinajstić information content (AvgIpc) is 2.76. The average molecular weight is 237 g/mol. The number of ketones is 1. The van der Waals surface area contributed by atoms with Gasteiger partial charge in [0.15, 0.2) is 5.78 Å². The lowest BCUT2D eigenvalue weighted by Gasteiger charge is -2.06. The molecule has 0 amide bonds. The highest BCUT2D eigenvalue weighted by Crippen LogP contribution is 2.05. The Bertz CT molecular complexity index is 342. The minimum Gasteiger partial charge on any atom is -0.380 e. The zero-order valence-corrected chi connectivity index (χ0v) is 11.1. The summed E-state index contributed by atoms with van der Waals surface area (Å²) in [6.07, 6.45) is 5.51. The summed E-state index contributed by atoms with van der Waals surface area (Å²) in [6, 6.07) is 1.87. The number of ether oxygens (including phenoxy) is 1. The van der Waals surface area contributed by atoms with E-state index in [0.29, 0.717) is 18.9 Å². The number of aromatic nitrogens is 1. The van der Waals surface area contributed by atoms with Gasteiger partial charge in [0.25, 0.3) is 0 Å². The van der Waals surface area contributed by atoms with Crippen molar-refractivity contribution < 1.29 is 9.53 Å². The highest BCUT2D eigenvalue weighted by atomic mass is 16.5. The lowest BCUT2D eigenvalue weighted by Crippen LogP contribution is -2.06. The summed E-state index contributed by atoms with van der Waals surface area (Å²) in [5.74, 6) is 0.889. The Morgan fingerprint density at radius 3 is 2.82 bits per heavy atom. The van der Waals surface area contributed by atoms with E-state index in [-0.39, 0.29) is 5.78 Å².